The Labute approximate surface area is 96.6 Å². The maximum absolute atomic E-state index is 11.5. The summed E-state index contributed by atoms with van der Waals surface area (Å²) in [6.07, 6.45) is 2.78. The van der Waals surface area contributed by atoms with E-state index in [1.807, 2.05) is 11.8 Å². The van der Waals surface area contributed by atoms with Crippen LogP contribution in [0.5, 0.6) is 0 Å². The summed E-state index contributed by atoms with van der Waals surface area (Å²) in [5.74, 6) is 3.81. The van der Waals surface area contributed by atoms with Crippen LogP contribution in [0.25, 0.3) is 0 Å². The first-order valence-electron chi connectivity index (χ1n) is 5.77. The predicted octanol–water partition coefficient (Wildman–Crippen LogP) is 1.23. The topological polar surface area (TPSA) is 55.1 Å². The highest BCUT2D eigenvalue weighted by Crippen LogP contribution is 2.22. The van der Waals surface area contributed by atoms with Crippen molar-refractivity contribution in [1.29, 1.82) is 0 Å². The molecule has 0 aliphatic carbocycles. The lowest BCUT2D eigenvalue weighted by atomic mass is 10.1. The van der Waals surface area contributed by atoms with E-state index in [-0.39, 0.29) is 5.91 Å². The molecule has 15 heavy (non-hydrogen) atoms. The first-order valence-corrected chi connectivity index (χ1v) is 6.92. The molecule has 0 spiro atoms. The van der Waals surface area contributed by atoms with Crippen molar-refractivity contribution in [2.45, 2.75) is 26.2 Å². The minimum absolute atomic E-state index is 0.187. The highest BCUT2D eigenvalue weighted by molar-refractivity contribution is 7.99. The predicted molar refractivity (Wildman–Crippen MR) is 65.9 cm³/mol. The number of rotatable bonds is 6. The largest absolute Gasteiger partial charge is 0.356 e. The highest BCUT2D eigenvalue weighted by Gasteiger charge is 2.16. The van der Waals surface area contributed by atoms with E-state index < -0.39 is 0 Å². The molecule has 1 heterocycles. The number of hydrogen-bond donors (Lipinski definition) is 2. The van der Waals surface area contributed by atoms with Gasteiger partial charge in [-0.05, 0) is 42.7 Å². The average molecular weight is 230 g/mol. The lowest BCUT2D eigenvalue weighted by Gasteiger charge is -2.11. The van der Waals surface area contributed by atoms with Gasteiger partial charge in [0.1, 0.15) is 0 Å². The van der Waals surface area contributed by atoms with Crippen molar-refractivity contribution < 1.29 is 4.79 Å². The monoisotopic (exact) mass is 230 g/mol. The Hall–Kier alpha value is -0.220. The lowest BCUT2D eigenvalue weighted by molar-refractivity contribution is -0.121. The Bertz CT molecular complexity index is 193. The second kappa shape index (κ2) is 7.12. The number of thioether (sulfide) groups is 1. The Morgan fingerprint density at radius 1 is 1.67 bits per heavy atom. The zero-order valence-corrected chi connectivity index (χ0v) is 10.3. The number of amides is 1. The third-order valence-corrected chi connectivity index (χ3v) is 4.11. The van der Waals surface area contributed by atoms with Crippen LogP contribution in [0.15, 0.2) is 0 Å². The number of carbonyl (C=O) groups is 1. The van der Waals surface area contributed by atoms with Crippen molar-refractivity contribution in [3.8, 4) is 0 Å². The Morgan fingerprint density at radius 2 is 2.47 bits per heavy atom. The molecule has 4 heteroatoms. The molecule has 0 radical (unpaired) electrons. The van der Waals surface area contributed by atoms with E-state index in [9.17, 15) is 4.79 Å². The van der Waals surface area contributed by atoms with E-state index in [4.69, 9.17) is 5.73 Å². The zero-order valence-electron chi connectivity index (χ0n) is 9.50. The Kier molecular flexibility index (Phi) is 6.10. The molecule has 1 fully saturated rings. The van der Waals surface area contributed by atoms with Gasteiger partial charge < -0.3 is 11.1 Å². The molecule has 3 N–H and O–H groups in total. The summed E-state index contributed by atoms with van der Waals surface area (Å²) < 4.78 is 0. The Balaban J connectivity index is 2.02. The van der Waals surface area contributed by atoms with Gasteiger partial charge in [-0.3, -0.25) is 4.79 Å². The highest BCUT2D eigenvalue weighted by atomic mass is 32.2. The third-order valence-electron chi connectivity index (χ3n) is 2.88. The number of nitrogens with one attached hydrogen (secondary N) is 1. The molecule has 1 aliphatic heterocycles. The summed E-state index contributed by atoms with van der Waals surface area (Å²) in [7, 11) is 0. The number of carbonyl (C=O) groups excluding carboxylic acids is 1. The molecule has 2 unspecified atom stereocenters. The summed E-state index contributed by atoms with van der Waals surface area (Å²) in [4.78, 5) is 11.5. The molecular formula is C11H22N2OS. The molecule has 1 saturated heterocycles. The number of nitrogens with two attached hydrogens (primary N) is 1. The van der Waals surface area contributed by atoms with Crippen LogP contribution in [0.4, 0.5) is 0 Å². The summed E-state index contributed by atoms with van der Waals surface area (Å²) in [6.45, 7) is 3.62. The van der Waals surface area contributed by atoms with Crippen LogP contribution in [0.1, 0.15) is 26.2 Å². The molecule has 1 amide bonds. The van der Waals surface area contributed by atoms with E-state index in [2.05, 4.69) is 12.2 Å². The molecule has 0 aromatic rings. The molecule has 0 saturated carbocycles. The van der Waals surface area contributed by atoms with Gasteiger partial charge in [-0.15, -0.1) is 0 Å². The summed E-state index contributed by atoms with van der Waals surface area (Å²) in [6, 6.07) is 0. The second-order valence-electron chi connectivity index (χ2n) is 4.41. The standard InChI is InChI=1S/C11H22N2OS/c1-9(6-12)2-3-11(14)13-7-10-4-5-15-8-10/h9-10H,2-8,12H2,1H3,(H,13,14). The Morgan fingerprint density at radius 3 is 3.07 bits per heavy atom. The van der Waals surface area contributed by atoms with Crippen LogP contribution in [-0.4, -0.2) is 30.5 Å². The minimum Gasteiger partial charge on any atom is -0.356 e. The minimum atomic E-state index is 0.187. The van der Waals surface area contributed by atoms with Gasteiger partial charge in [-0.1, -0.05) is 6.92 Å². The fraction of sp³-hybridized carbons (Fsp3) is 0.909. The summed E-state index contributed by atoms with van der Waals surface area (Å²) in [5, 5.41) is 3.01. The van der Waals surface area contributed by atoms with E-state index in [0.717, 1.165) is 13.0 Å². The smallest absolute Gasteiger partial charge is 0.220 e. The van der Waals surface area contributed by atoms with E-state index in [0.29, 0.717) is 24.8 Å². The van der Waals surface area contributed by atoms with Crippen LogP contribution in [0.3, 0.4) is 0 Å². The van der Waals surface area contributed by atoms with E-state index >= 15 is 0 Å². The maximum atomic E-state index is 11.5. The van der Waals surface area contributed by atoms with Gasteiger partial charge in [-0.2, -0.15) is 11.8 Å². The molecule has 0 aromatic carbocycles. The van der Waals surface area contributed by atoms with Crippen molar-refractivity contribution in [2.75, 3.05) is 24.6 Å². The summed E-state index contributed by atoms with van der Waals surface area (Å²) in [5.41, 5.74) is 5.50. The van der Waals surface area contributed by atoms with Crippen molar-refractivity contribution in [3.63, 3.8) is 0 Å². The molecule has 1 rings (SSSR count). The van der Waals surface area contributed by atoms with Crippen LogP contribution in [0.2, 0.25) is 0 Å². The first kappa shape index (κ1) is 12.8. The normalized spacial score (nSPS) is 22.7. The average Bonchev–Trinajstić information content (AvgIpc) is 2.75. The van der Waals surface area contributed by atoms with Crippen molar-refractivity contribution in [1.82, 2.24) is 5.32 Å². The van der Waals surface area contributed by atoms with Gasteiger partial charge in [0.25, 0.3) is 0 Å². The van der Waals surface area contributed by atoms with Gasteiger partial charge in [0.05, 0.1) is 0 Å². The van der Waals surface area contributed by atoms with Crippen LogP contribution < -0.4 is 11.1 Å². The van der Waals surface area contributed by atoms with Gasteiger partial charge >= 0.3 is 0 Å². The van der Waals surface area contributed by atoms with Gasteiger partial charge in [0.15, 0.2) is 0 Å². The molecule has 0 bridgehead atoms. The molecule has 88 valence electrons. The van der Waals surface area contributed by atoms with Crippen LogP contribution in [-0.2, 0) is 4.79 Å². The SMILES string of the molecule is CC(CN)CCC(=O)NCC1CCSC1. The fourth-order valence-corrected chi connectivity index (χ4v) is 2.87. The van der Waals surface area contributed by atoms with Gasteiger partial charge in [-0.25, -0.2) is 0 Å². The summed E-state index contributed by atoms with van der Waals surface area (Å²) >= 11 is 1.99. The van der Waals surface area contributed by atoms with E-state index in [1.165, 1.54) is 17.9 Å². The lowest BCUT2D eigenvalue weighted by Crippen LogP contribution is -2.29. The van der Waals surface area contributed by atoms with Gasteiger partial charge in [0, 0.05) is 13.0 Å². The number of hydrogen-bond acceptors (Lipinski definition) is 3. The molecule has 2 atom stereocenters. The maximum Gasteiger partial charge on any atom is 0.220 e. The van der Waals surface area contributed by atoms with Crippen molar-refractivity contribution in [2.24, 2.45) is 17.6 Å². The first-order chi connectivity index (χ1) is 7.22. The van der Waals surface area contributed by atoms with Crippen LogP contribution >= 0.6 is 11.8 Å². The molecule has 0 aromatic heterocycles. The second-order valence-corrected chi connectivity index (χ2v) is 5.56. The van der Waals surface area contributed by atoms with Crippen molar-refractivity contribution >= 4 is 17.7 Å². The fourth-order valence-electron chi connectivity index (χ4n) is 1.59. The molecule has 3 nitrogen and oxygen atoms in total. The molecular weight excluding hydrogens is 208 g/mol. The van der Waals surface area contributed by atoms with E-state index in [1.54, 1.807) is 0 Å². The third kappa shape index (κ3) is 5.42. The van der Waals surface area contributed by atoms with Gasteiger partial charge in [0.2, 0.25) is 5.91 Å². The van der Waals surface area contributed by atoms with Crippen molar-refractivity contribution in [3.05, 3.63) is 0 Å². The molecule has 1 aliphatic rings. The van der Waals surface area contributed by atoms with Crippen LogP contribution in [0, 0.1) is 11.8 Å². The quantitative estimate of drug-likeness (QED) is 0.721. The zero-order chi connectivity index (χ0) is 11.1.